The van der Waals surface area contributed by atoms with E-state index in [1.165, 1.54) is 36.2 Å². The second-order valence-corrected chi connectivity index (χ2v) is 6.41. The van der Waals surface area contributed by atoms with E-state index in [1.54, 1.807) is 19.1 Å². The highest BCUT2D eigenvalue weighted by Gasteiger charge is 2.20. The van der Waals surface area contributed by atoms with Crippen LogP contribution in [0.25, 0.3) is 0 Å². The van der Waals surface area contributed by atoms with E-state index in [1.807, 2.05) is 0 Å². The number of amides is 2. The number of aryl methyl sites for hydroxylation is 1. The molecule has 0 atom stereocenters. The molecule has 2 rings (SSSR count). The number of hydrogen-bond donors (Lipinski definition) is 1. The summed E-state index contributed by atoms with van der Waals surface area (Å²) >= 11 is 11.7. The number of nitrogens with one attached hydrogen (secondary N) is 1. The number of carbonyl (C=O) groups is 2. The maximum Gasteiger partial charge on any atom is 0.270 e. The van der Waals surface area contributed by atoms with Crippen LogP contribution in [0.3, 0.4) is 0 Å². The molecule has 136 valence electrons. The van der Waals surface area contributed by atoms with Gasteiger partial charge >= 0.3 is 0 Å². The van der Waals surface area contributed by atoms with Gasteiger partial charge in [0.1, 0.15) is 0 Å². The second kappa shape index (κ2) is 8.16. The molecule has 0 radical (unpaired) electrons. The molecule has 0 fully saturated rings. The largest absolute Gasteiger partial charge is 0.332 e. The van der Waals surface area contributed by atoms with Crippen molar-refractivity contribution in [2.45, 2.75) is 6.92 Å². The van der Waals surface area contributed by atoms with Gasteiger partial charge in [0.15, 0.2) is 0 Å². The van der Waals surface area contributed by atoms with Crippen molar-refractivity contribution in [2.24, 2.45) is 0 Å². The normalized spacial score (nSPS) is 10.3. The van der Waals surface area contributed by atoms with E-state index in [2.05, 4.69) is 5.32 Å². The van der Waals surface area contributed by atoms with E-state index >= 15 is 0 Å². The quantitative estimate of drug-likeness (QED) is 0.613. The van der Waals surface area contributed by atoms with Gasteiger partial charge in [-0.1, -0.05) is 29.3 Å². The van der Waals surface area contributed by atoms with Crippen molar-refractivity contribution in [3.63, 3.8) is 0 Å². The zero-order chi connectivity index (χ0) is 19.4. The third-order valence-electron chi connectivity index (χ3n) is 3.59. The van der Waals surface area contributed by atoms with Crippen LogP contribution in [0.2, 0.25) is 10.0 Å². The molecule has 0 aliphatic rings. The Morgan fingerprint density at radius 3 is 2.46 bits per heavy atom. The van der Waals surface area contributed by atoms with Crippen molar-refractivity contribution >= 4 is 46.4 Å². The summed E-state index contributed by atoms with van der Waals surface area (Å²) in [6.45, 7) is 1.43. The number of hydrogen-bond acceptors (Lipinski definition) is 4. The van der Waals surface area contributed by atoms with Crippen molar-refractivity contribution in [1.82, 2.24) is 4.90 Å². The molecule has 2 aromatic rings. The molecule has 1 N–H and O–H groups in total. The number of benzene rings is 2. The molecule has 26 heavy (non-hydrogen) atoms. The summed E-state index contributed by atoms with van der Waals surface area (Å²) in [6, 6.07) is 8.64. The molecule has 0 saturated heterocycles. The molecule has 0 aromatic heterocycles. The van der Waals surface area contributed by atoms with Crippen molar-refractivity contribution in [3.8, 4) is 0 Å². The summed E-state index contributed by atoms with van der Waals surface area (Å²) in [6.07, 6.45) is 0. The third kappa shape index (κ3) is 4.71. The van der Waals surface area contributed by atoms with E-state index in [9.17, 15) is 19.7 Å². The van der Waals surface area contributed by atoms with E-state index in [-0.39, 0.29) is 17.8 Å². The molecular formula is C17H15Cl2N3O4. The summed E-state index contributed by atoms with van der Waals surface area (Å²) < 4.78 is 0. The van der Waals surface area contributed by atoms with E-state index < -0.39 is 16.7 Å². The Morgan fingerprint density at radius 2 is 1.85 bits per heavy atom. The lowest BCUT2D eigenvalue weighted by Gasteiger charge is -2.18. The molecule has 0 aliphatic heterocycles. The van der Waals surface area contributed by atoms with Gasteiger partial charge in [0, 0.05) is 30.4 Å². The highest BCUT2D eigenvalue weighted by molar-refractivity contribution is 6.42. The number of nitro benzene ring substituents is 1. The van der Waals surface area contributed by atoms with Crippen LogP contribution in [0.1, 0.15) is 15.9 Å². The van der Waals surface area contributed by atoms with Gasteiger partial charge in [-0.05, 0) is 30.7 Å². The SMILES string of the molecule is Cc1ccc([N+](=O)[O-])cc1C(=O)N(C)CC(=O)Nc1ccc(Cl)c(Cl)c1. The zero-order valence-electron chi connectivity index (χ0n) is 14.0. The number of rotatable bonds is 5. The summed E-state index contributed by atoms with van der Waals surface area (Å²) in [5.74, 6) is -0.933. The van der Waals surface area contributed by atoms with Gasteiger partial charge in [0.05, 0.1) is 21.5 Å². The van der Waals surface area contributed by atoms with Crippen LogP contribution in [0.4, 0.5) is 11.4 Å². The molecule has 9 heteroatoms. The second-order valence-electron chi connectivity index (χ2n) is 5.59. The van der Waals surface area contributed by atoms with Crippen molar-refractivity contribution < 1.29 is 14.5 Å². The van der Waals surface area contributed by atoms with Crippen LogP contribution in [0, 0.1) is 17.0 Å². The highest BCUT2D eigenvalue weighted by Crippen LogP contribution is 2.25. The number of nitro groups is 1. The van der Waals surface area contributed by atoms with Crippen molar-refractivity contribution in [3.05, 3.63) is 67.7 Å². The Morgan fingerprint density at radius 1 is 1.15 bits per heavy atom. The summed E-state index contributed by atoms with van der Waals surface area (Å²) in [5, 5.41) is 14.1. The highest BCUT2D eigenvalue weighted by atomic mass is 35.5. The van der Waals surface area contributed by atoms with Crippen LogP contribution in [-0.4, -0.2) is 35.2 Å². The first kappa shape index (κ1) is 19.7. The number of non-ortho nitro benzene ring substituents is 1. The molecule has 7 nitrogen and oxygen atoms in total. The van der Waals surface area contributed by atoms with E-state index in [4.69, 9.17) is 23.2 Å². The predicted octanol–water partition coefficient (Wildman–Crippen LogP) is 3.92. The Labute approximate surface area is 159 Å². The lowest BCUT2D eigenvalue weighted by atomic mass is 10.1. The lowest BCUT2D eigenvalue weighted by Crippen LogP contribution is -2.35. The number of carbonyl (C=O) groups excluding carboxylic acids is 2. The Balaban J connectivity index is 2.08. The average molecular weight is 396 g/mol. The topological polar surface area (TPSA) is 92.6 Å². The van der Waals surface area contributed by atoms with Crippen LogP contribution in [0.5, 0.6) is 0 Å². The fraction of sp³-hybridized carbons (Fsp3) is 0.176. The molecule has 0 heterocycles. The molecule has 2 aromatic carbocycles. The summed E-state index contributed by atoms with van der Waals surface area (Å²) in [4.78, 5) is 36.1. The fourth-order valence-electron chi connectivity index (χ4n) is 2.22. The first-order valence-electron chi connectivity index (χ1n) is 7.44. The van der Waals surface area contributed by atoms with Gasteiger partial charge in [-0.2, -0.15) is 0 Å². The van der Waals surface area contributed by atoms with Gasteiger partial charge in [-0.3, -0.25) is 19.7 Å². The minimum absolute atomic E-state index is 0.170. The van der Waals surface area contributed by atoms with Crippen molar-refractivity contribution in [1.29, 1.82) is 0 Å². The molecule has 0 spiro atoms. The molecule has 0 aliphatic carbocycles. The maximum absolute atomic E-state index is 12.5. The third-order valence-corrected chi connectivity index (χ3v) is 4.33. The first-order valence-corrected chi connectivity index (χ1v) is 8.20. The minimum Gasteiger partial charge on any atom is -0.332 e. The number of halogens is 2. The van der Waals surface area contributed by atoms with Gasteiger partial charge in [0.2, 0.25) is 5.91 Å². The molecule has 0 unspecified atom stereocenters. The fourth-order valence-corrected chi connectivity index (χ4v) is 2.52. The van der Waals surface area contributed by atoms with E-state index in [0.29, 0.717) is 21.3 Å². The van der Waals surface area contributed by atoms with Gasteiger partial charge in [-0.15, -0.1) is 0 Å². The van der Waals surface area contributed by atoms with Gasteiger partial charge < -0.3 is 10.2 Å². The number of nitrogens with zero attached hydrogens (tertiary/aromatic N) is 2. The lowest BCUT2D eigenvalue weighted by molar-refractivity contribution is -0.384. The zero-order valence-corrected chi connectivity index (χ0v) is 15.5. The van der Waals surface area contributed by atoms with Gasteiger partial charge in [0.25, 0.3) is 11.6 Å². The van der Waals surface area contributed by atoms with Crippen LogP contribution in [-0.2, 0) is 4.79 Å². The molecule has 0 saturated carbocycles. The average Bonchev–Trinajstić information content (AvgIpc) is 2.57. The van der Waals surface area contributed by atoms with Crippen LogP contribution in [0.15, 0.2) is 36.4 Å². The smallest absolute Gasteiger partial charge is 0.270 e. The summed E-state index contributed by atoms with van der Waals surface area (Å²) in [7, 11) is 1.44. The monoisotopic (exact) mass is 395 g/mol. The number of anilines is 1. The summed E-state index contributed by atoms with van der Waals surface area (Å²) in [5.41, 5.74) is 1.01. The standard InChI is InChI=1S/C17H15Cl2N3O4/c1-10-3-5-12(22(25)26)8-13(10)17(24)21(2)9-16(23)20-11-4-6-14(18)15(19)7-11/h3-8H,9H2,1-2H3,(H,20,23). The van der Waals surface area contributed by atoms with Crippen LogP contribution < -0.4 is 5.32 Å². The van der Waals surface area contributed by atoms with Crippen molar-refractivity contribution in [2.75, 3.05) is 18.9 Å². The molecule has 0 bridgehead atoms. The van der Waals surface area contributed by atoms with Crippen LogP contribution >= 0.6 is 23.2 Å². The van der Waals surface area contributed by atoms with Gasteiger partial charge in [-0.25, -0.2) is 0 Å². The predicted molar refractivity (Wildman–Crippen MR) is 99.9 cm³/mol. The molecule has 2 amide bonds. The minimum atomic E-state index is -0.576. The Bertz CT molecular complexity index is 886. The Kier molecular flexibility index (Phi) is 6.18. The maximum atomic E-state index is 12.5. The number of likely N-dealkylation sites (N-methyl/N-ethyl adjacent to an activating group) is 1. The Hall–Kier alpha value is -2.64. The van der Waals surface area contributed by atoms with E-state index in [0.717, 1.165) is 0 Å². The first-order chi connectivity index (χ1) is 12.2. The molecular weight excluding hydrogens is 381 g/mol.